The smallest absolute Gasteiger partial charge is 0.115 e. The summed E-state index contributed by atoms with van der Waals surface area (Å²) >= 11 is 1.69. The number of nitrogens with zero attached hydrogens (tertiary/aromatic N) is 3. The topological polar surface area (TPSA) is 52.0 Å². The summed E-state index contributed by atoms with van der Waals surface area (Å²) in [5.74, 6) is 0. The summed E-state index contributed by atoms with van der Waals surface area (Å²) in [6.45, 7) is 5.63. The van der Waals surface area contributed by atoms with Gasteiger partial charge in [0.25, 0.3) is 0 Å². The van der Waals surface area contributed by atoms with Crippen molar-refractivity contribution in [3.05, 3.63) is 33.5 Å². The minimum Gasteiger partial charge on any atom is -0.383 e. The first-order valence-electron chi connectivity index (χ1n) is 6.82. The minimum absolute atomic E-state index is 0.0903. The summed E-state index contributed by atoms with van der Waals surface area (Å²) < 4.78 is 7.01. The summed E-state index contributed by atoms with van der Waals surface area (Å²) in [5, 5.41) is 11.2. The molecular formula is C14H22N4OS. The van der Waals surface area contributed by atoms with Crippen LogP contribution in [-0.4, -0.2) is 35.0 Å². The average molecular weight is 294 g/mol. The maximum absolute atomic E-state index is 5.13. The van der Waals surface area contributed by atoms with Gasteiger partial charge in [0.05, 0.1) is 18.3 Å². The van der Waals surface area contributed by atoms with E-state index in [0.29, 0.717) is 6.61 Å². The quantitative estimate of drug-likeness (QED) is 0.794. The third kappa shape index (κ3) is 3.45. The first-order valence-corrected chi connectivity index (χ1v) is 7.70. The molecule has 0 bridgehead atoms. The largest absolute Gasteiger partial charge is 0.383 e. The predicted octanol–water partition coefficient (Wildman–Crippen LogP) is 2.07. The Morgan fingerprint density at radius 2 is 2.30 bits per heavy atom. The van der Waals surface area contributed by atoms with E-state index in [9.17, 15) is 0 Å². The molecule has 110 valence electrons. The maximum atomic E-state index is 5.13. The lowest BCUT2D eigenvalue weighted by molar-refractivity contribution is 0.197. The van der Waals surface area contributed by atoms with Gasteiger partial charge in [0, 0.05) is 43.5 Å². The molecule has 0 aliphatic rings. The van der Waals surface area contributed by atoms with Gasteiger partial charge in [0.2, 0.25) is 0 Å². The van der Waals surface area contributed by atoms with Crippen LogP contribution in [0.2, 0.25) is 0 Å². The molecule has 20 heavy (non-hydrogen) atoms. The highest BCUT2D eigenvalue weighted by molar-refractivity contribution is 7.09. The molecule has 0 aliphatic heterocycles. The van der Waals surface area contributed by atoms with Crippen LogP contribution in [0.4, 0.5) is 0 Å². The number of hydrogen-bond acceptors (Lipinski definition) is 5. The number of ether oxygens (including phenoxy) is 1. The molecule has 0 spiro atoms. The van der Waals surface area contributed by atoms with E-state index in [1.54, 1.807) is 18.4 Å². The van der Waals surface area contributed by atoms with Crippen molar-refractivity contribution in [2.75, 3.05) is 20.3 Å². The van der Waals surface area contributed by atoms with Gasteiger partial charge in [-0.2, -0.15) is 5.10 Å². The molecule has 0 fully saturated rings. The third-order valence-electron chi connectivity index (χ3n) is 3.12. The Kier molecular flexibility index (Phi) is 5.28. The Bertz CT molecular complexity index is 549. The summed E-state index contributed by atoms with van der Waals surface area (Å²) in [4.78, 5) is 4.63. The van der Waals surface area contributed by atoms with Gasteiger partial charge >= 0.3 is 0 Å². The van der Waals surface area contributed by atoms with Crippen LogP contribution in [0.3, 0.4) is 0 Å². The first-order chi connectivity index (χ1) is 9.65. The van der Waals surface area contributed by atoms with Gasteiger partial charge in [-0.25, -0.2) is 4.98 Å². The van der Waals surface area contributed by atoms with Crippen LogP contribution in [0.25, 0.3) is 0 Å². The molecule has 0 saturated heterocycles. The lowest BCUT2D eigenvalue weighted by Gasteiger charge is -2.16. The number of thiazole rings is 1. The van der Waals surface area contributed by atoms with Crippen molar-refractivity contribution in [2.24, 2.45) is 7.05 Å². The van der Waals surface area contributed by atoms with E-state index in [1.807, 2.05) is 18.7 Å². The SMILES string of the molecule is CCc1nn(C)cc1C(NCCOC)c1nc(C)cs1. The number of methoxy groups -OCH3 is 1. The number of hydrogen-bond donors (Lipinski definition) is 1. The number of aromatic nitrogens is 3. The van der Waals surface area contributed by atoms with Gasteiger partial charge in [0.15, 0.2) is 0 Å². The second kappa shape index (κ2) is 6.97. The van der Waals surface area contributed by atoms with Gasteiger partial charge in [-0.15, -0.1) is 11.3 Å². The molecule has 6 heteroatoms. The molecule has 2 heterocycles. The summed E-state index contributed by atoms with van der Waals surface area (Å²) in [5.41, 5.74) is 3.39. The number of nitrogens with one attached hydrogen (secondary N) is 1. The van der Waals surface area contributed by atoms with Gasteiger partial charge in [-0.3, -0.25) is 4.68 Å². The molecule has 1 atom stereocenters. The molecule has 2 aromatic heterocycles. The monoisotopic (exact) mass is 294 g/mol. The van der Waals surface area contributed by atoms with Crippen molar-refractivity contribution < 1.29 is 4.74 Å². The molecule has 1 unspecified atom stereocenters. The van der Waals surface area contributed by atoms with E-state index >= 15 is 0 Å². The Morgan fingerprint density at radius 3 is 2.90 bits per heavy atom. The summed E-state index contributed by atoms with van der Waals surface area (Å²) in [6.07, 6.45) is 3.00. The van der Waals surface area contributed by atoms with Crippen molar-refractivity contribution >= 4 is 11.3 Å². The highest BCUT2D eigenvalue weighted by Crippen LogP contribution is 2.27. The van der Waals surface area contributed by atoms with Crippen LogP contribution < -0.4 is 5.32 Å². The fraction of sp³-hybridized carbons (Fsp3) is 0.571. The zero-order valence-corrected chi connectivity index (χ0v) is 13.3. The molecule has 0 aromatic carbocycles. The van der Waals surface area contributed by atoms with Crippen LogP contribution in [0, 0.1) is 6.92 Å². The Hall–Kier alpha value is -1.24. The zero-order chi connectivity index (χ0) is 14.5. The van der Waals surface area contributed by atoms with E-state index in [2.05, 4.69) is 33.9 Å². The van der Waals surface area contributed by atoms with E-state index in [4.69, 9.17) is 4.74 Å². The van der Waals surface area contributed by atoms with Crippen molar-refractivity contribution in [2.45, 2.75) is 26.3 Å². The number of rotatable bonds is 7. The predicted molar refractivity (Wildman–Crippen MR) is 81.2 cm³/mol. The van der Waals surface area contributed by atoms with E-state index < -0.39 is 0 Å². The first kappa shape index (κ1) is 15.2. The summed E-state index contributed by atoms with van der Waals surface area (Å²) in [7, 11) is 3.67. The third-order valence-corrected chi connectivity index (χ3v) is 4.15. The summed E-state index contributed by atoms with van der Waals surface area (Å²) in [6, 6.07) is 0.0903. The van der Waals surface area contributed by atoms with Crippen LogP contribution in [0.5, 0.6) is 0 Å². The van der Waals surface area contributed by atoms with Crippen LogP contribution in [0.15, 0.2) is 11.6 Å². The van der Waals surface area contributed by atoms with Gasteiger partial charge in [-0.1, -0.05) is 6.92 Å². The van der Waals surface area contributed by atoms with Crippen LogP contribution in [-0.2, 0) is 18.2 Å². The zero-order valence-electron chi connectivity index (χ0n) is 12.5. The van der Waals surface area contributed by atoms with Gasteiger partial charge < -0.3 is 10.1 Å². The lowest BCUT2D eigenvalue weighted by Crippen LogP contribution is -2.26. The fourth-order valence-corrected chi connectivity index (χ4v) is 3.10. The Morgan fingerprint density at radius 1 is 1.50 bits per heavy atom. The maximum Gasteiger partial charge on any atom is 0.115 e. The normalized spacial score (nSPS) is 12.8. The van der Waals surface area contributed by atoms with Gasteiger partial charge in [-0.05, 0) is 13.3 Å². The van der Waals surface area contributed by atoms with Crippen molar-refractivity contribution in [1.82, 2.24) is 20.1 Å². The fourth-order valence-electron chi connectivity index (χ4n) is 2.21. The average Bonchev–Trinajstić information content (AvgIpc) is 3.01. The second-order valence-electron chi connectivity index (χ2n) is 4.77. The van der Waals surface area contributed by atoms with Crippen molar-refractivity contribution in [3.8, 4) is 0 Å². The molecule has 0 radical (unpaired) electrons. The Labute approximate surface area is 124 Å². The molecule has 0 aliphatic carbocycles. The highest BCUT2D eigenvalue weighted by Gasteiger charge is 2.21. The minimum atomic E-state index is 0.0903. The van der Waals surface area contributed by atoms with E-state index in [0.717, 1.165) is 29.4 Å². The molecular weight excluding hydrogens is 272 g/mol. The molecule has 0 saturated carbocycles. The standard InChI is InChI=1S/C14H22N4OS/c1-5-12-11(8-18(3)17-12)13(15-6-7-19-4)14-16-10(2)9-20-14/h8-9,13,15H,5-7H2,1-4H3. The van der Waals surface area contributed by atoms with Gasteiger partial charge in [0.1, 0.15) is 5.01 Å². The second-order valence-corrected chi connectivity index (χ2v) is 5.66. The van der Waals surface area contributed by atoms with E-state index in [1.165, 1.54) is 5.56 Å². The molecule has 1 N–H and O–H groups in total. The molecule has 0 amide bonds. The highest BCUT2D eigenvalue weighted by atomic mass is 32.1. The van der Waals surface area contributed by atoms with Crippen LogP contribution >= 0.6 is 11.3 Å². The molecule has 2 rings (SSSR count). The number of aryl methyl sites for hydroxylation is 3. The van der Waals surface area contributed by atoms with E-state index in [-0.39, 0.29) is 6.04 Å². The van der Waals surface area contributed by atoms with Crippen molar-refractivity contribution in [3.63, 3.8) is 0 Å². The van der Waals surface area contributed by atoms with Crippen molar-refractivity contribution in [1.29, 1.82) is 0 Å². The Balaban J connectivity index is 2.29. The lowest BCUT2D eigenvalue weighted by atomic mass is 10.1. The molecule has 2 aromatic rings. The van der Waals surface area contributed by atoms with Crippen LogP contribution in [0.1, 0.15) is 34.9 Å². The molecule has 5 nitrogen and oxygen atoms in total.